The van der Waals surface area contributed by atoms with Crippen molar-refractivity contribution in [1.29, 1.82) is 0 Å². The van der Waals surface area contributed by atoms with Crippen LogP contribution in [0.15, 0.2) is 122 Å². The maximum Gasteiger partial charge on any atom is 0.306 e. The fraction of sp³-hybridized carbons (Fsp3) is 0.758. The number of unbranched alkanes of at least 4 members (excludes halogenated alkanes) is 45. The minimum Gasteiger partial charge on any atom is -0.756 e. The van der Waals surface area contributed by atoms with Crippen LogP contribution >= 0.6 is 7.82 Å². The molecule has 2 atom stereocenters. The summed E-state index contributed by atoms with van der Waals surface area (Å²) in [6.07, 6.45) is 116. The van der Waals surface area contributed by atoms with Crippen molar-refractivity contribution in [3.05, 3.63) is 122 Å². The van der Waals surface area contributed by atoms with E-state index in [2.05, 4.69) is 135 Å². The summed E-state index contributed by atoms with van der Waals surface area (Å²) in [5.74, 6) is -0.842. The van der Waals surface area contributed by atoms with E-state index in [1.54, 1.807) is 0 Å². The fourth-order valence-corrected chi connectivity index (χ4v) is 13.0. The van der Waals surface area contributed by atoms with Crippen LogP contribution in [0.1, 0.15) is 393 Å². The van der Waals surface area contributed by atoms with E-state index in [1.807, 2.05) is 21.1 Å². The van der Waals surface area contributed by atoms with Gasteiger partial charge in [0.05, 0.1) is 27.7 Å². The quantitative estimate of drug-likeness (QED) is 0.0195. The Morgan fingerprint density at radius 1 is 0.317 bits per heavy atom. The smallest absolute Gasteiger partial charge is 0.306 e. The molecule has 0 saturated carbocycles. The third-order valence-corrected chi connectivity index (χ3v) is 19.7. The van der Waals surface area contributed by atoms with Gasteiger partial charge >= 0.3 is 11.9 Å². The summed E-state index contributed by atoms with van der Waals surface area (Å²) in [6.45, 7) is 4.15. The zero-order valence-electron chi connectivity index (χ0n) is 66.8. The number of hydrogen-bond acceptors (Lipinski definition) is 8. The lowest BCUT2D eigenvalue weighted by Crippen LogP contribution is -2.37. The van der Waals surface area contributed by atoms with Gasteiger partial charge in [-0.25, -0.2) is 0 Å². The highest BCUT2D eigenvalue weighted by Gasteiger charge is 2.22. The van der Waals surface area contributed by atoms with Crippen molar-refractivity contribution in [2.45, 2.75) is 399 Å². The van der Waals surface area contributed by atoms with Gasteiger partial charge in [0.25, 0.3) is 7.82 Å². The van der Waals surface area contributed by atoms with Crippen molar-refractivity contribution in [3.8, 4) is 0 Å². The Morgan fingerprint density at radius 2 is 0.564 bits per heavy atom. The van der Waals surface area contributed by atoms with E-state index in [1.165, 1.54) is 238 Å². The molecule has 0 radical (unpaired) electrons. The first-order chi connectivity index (χ1) is 49.5. The number of ether oxygens (including phenoxy) is 2. The van der Waals surface area contributed by atoms with Crippen LogP contribution in [0.25, 0.3) is 0 Å². The van der Waals surface area contributed by atoms with E-state index in [0.717, 1.165) is 122 Å². The predicted octanol–water partition coefficient (Wildman–Crippen LogP) is 28.3. The molecule has 0 fully saturated rings. The Morgan fingerprint density at radius 3 is 0.842 bits per heavy atom. The number of carbonyl (C=O) groups is 2. The summed E-state index contributed by atoms with van der Waals surface area (Å²) in [5.41, 5.74) is 0. The van der Waals surface area contributed by atoms with Crippen molar-refractivity contribution in [1.82, 2.24) is 0 Å². The zero-order chi connectivity index (χ0) is 73.3. The maximum atomic E-state index is 12.9. The predicted molar refractivity (Wildman–Crippen MR) is 438 cm³/mol. The first-order valence-electron chi connectivity index (χ1n) is 42.7. The highest BCUT2D eigenvalue weighted by molar-refractivity contribution is 7.45. The summed E-state index contributed by atoms with van der Waals surface area (Å²) < 4.78 is 34.4. The highest BCUT2D eigenvalue weighted by Crippen LogP contribution is 2.38. The van der Waals surface area contributed by atoms with Gasteiger partial charge in [0.15, 0.2) is 6.10 Å². The fourth-order valence-electron chi connectivity index (χ4n) is 12.3. The summed E-state index contributed by atoms with van der Waals surface area (Å²) in [4.78, 5) is 38.2. The molecule has 0 aromatic carbocycles. The molecule has 0 bridgehead atoms. The van der Waals surface area contributed by atoms with Crippen LogP contribution in [0.2, 0.25) is 0 Å². The molecule has 584 valence electrons. The summed E-state index contributed by atoms with van der Waals surface area (Å²) in [6, 6.07) is 0. The van der Waals surface area contributed by atoms with Crippen LogP contribution in [0.5, 0.6) is 0 Å². The highest BCUT2D eigenvalue weighted by atomic mass is 31.2. The first kappa shape index (κ1) is 97.4. The Bertz CT molecular complexity index is 2130. The van der Waals surface area contributed by atoms with Gasteiger partial charge in [-0.1, -0.05) is 411 Å². The number of likely N-dealkylation sites (N-methyl/N-ethyl adjacent to an activating group) is 1. The minimum absolute atomic E-state index is 0.0381. The molecule has 0 aliphatic heterocycles. The molecule has 0 heterocycles. The van der Waals surface area contributed by atoms with Crippen molar-refractivity contribution >= 4 is 19.8 Å². The second-order valence-corrected chi connectivity index (χ2v) is 31.2. The third kappa shape index (κ3) is 85.2. The van der Waals surface area contributed by atoms with Gasteiger partial charge in [0.1, 0.15) is 19.8 Å². The topological polar surface area (TPSA) is 111 Å². The summed E-state index contributed by atoms with van der Waals surface area (Å²) >= 11 is 0. The zero-order valence-corrected chi connectivity index (χ0v) is 67.7. The van der Waals surface area contributed by atoms with E-state index in [4.69, 9.17) is 18.5 Å². The molecule has 0 aromatic rings. The lowest BCUT2D eigenvalue weighted by molar-refractivity contribution is -0.870. The number of allylic oxidation sites excluding steroid dienone is 20. The average Bonchev–Trinajstić information content (AvgIpc) is 0.958. The lowest BCUT2D eigenvalue weighted by Gasteiger charge is -2.28. The molecule has 10 heteroatoms. The Hall–Kier alpha value is -3.59. The molecule has 9 nitrogen and oxygen atoms in total. The van der Waals surface area contributed by atoms with E-state index < -0.39 is 26.5 Å². The Balaban J connectivity index is 3.97. The normalized spacial score (nSPS) is 13.6. The van der Waals surface area contributed by atoms with Crippen LogP contribution in [0.4, 0.5) is 0 Å². The molecule has 0 saturated heterocycles. The second-order valence-electron chi connectivity index (χ2n) is 29.8. The maximum absolute atomic E-state index is 12.9. The number of carbonyl (C=O) groups excluding carboxylic acids is 2. The molecule has 101 heavy (non-hydrogen) atoms. The van der Waals surface area contributed by atoms with Gasteiger partial charge in [-0.2, -0.15) is 0 Å². The molecule has 2 unspecified atom stereocenters. The van der Waals surface area contributed by atoms with Gasteiger partial charge in [0.2, 0.25) is 0 Å². The molecular weight excluding hydrogens is 1270 g/mol. The van der Waals surface area contributed by atoms with Crippen molar-refractivity contribution in [2.75, 3.05) is 47.5 Å². The van der Waals surface area contributed by atoms with Crippen molar-refractivity contribution in [3.63, 3.8) is 0 Å². The Labute approximate surface area is 626 Å². The van der Waals surface area contributed by atoms with Crippen LogP contribution in [-0.2, 0) is 32.7 Å². The number of quaternary nitrogens is 1. The van der Waals surface area contributed by atoms with E-state index in [9.17, 15) is 19.0 Å². The van der Waals surface area contributed by atoms with E-state index in [0.29, 0.717) is 17.4 Å². The lowest BCUT2D eigenvalue weighted by atomic mass is 10.0. The molecule has 0 spiro atoms. The molecule has 0 aromatic heterocycles. The molecule has 0 N–H and O–H groups in total. The van der Waals surface area contributed by atoms with Crippen LogP contribution in [-0.4, -0.2) is 70.0 Å². The largest absolute Gasteiger partial charge is 0.756 e. The van der Waals surface area contributed by atoms with E-state index >= 15 is 0 Å². The number of rotatable bonds is 79. The number of phosphoric acid groups is 1. The second kappa shape index (κ2) is 80.5. The average molecular weight is 1430 g/mol. The number of nitrogens with zero attached hydrogens (tertiary/aromatic N) is 1. The van der Waals surface area contributed by atoms with Gasteiger partial charge in [0, 0.05) is 12.8 Å². The van der Waals surface area contributed by atoms with Gasteiger partial charge < -0.3 is 27.9 Å². The SMILES string of the molecule is CC/C=C\C/C=C\C/C=C\C/C=C\C/C=C\C/C=C\C/C=C\C/C=C\C/C=C\C/C=C\CCCCCCCCC(=O)OC(COC(=O)CCCCCCCCCCCCCCCCCCCCCCCCCCCCCCCCCCCCCCCCCC)COP(=O)([O-])OCC[N+](C)(C)C. The van der Waals surface area contributed by atoms with Crippen molar-refractivity contribution in [2.24, 2.45) is 0 Å². The van der Waals surface area contributed by atoms with Gasteiger partial charge in [-0.15, -0.1) is 0 Å². The molecule has 0 aliphatic carbocycles. The van der Waals surface area contributed by atoms with Gasteiger partial charge in [-0.3, -0.25) is 14.2 Å². The van der Waals surface area contributed by atoms with Crippen molar-refractivity contribution < 1.29 is 42.1 Å². The van der Waals surface area contributed by atoms with Crippen LogP contribution in [0.3, 0.4) is 0 Å². The summed E-state index contributed by atoms with van der Waals surface area (Å²) in [5, 5.41) is 0. The van der Waals surface area contributed by atoms with E-state index in [-0.39, 0.29) is 32.0 Å². The van der Waals surface area contributed by atoms with Crippen LogP contribution in [0, 0.1) is 0 Å². The first-order valence-corrected chi connectivity index (χ1v) is 44.2. The number of phosphoric ester groups is 1. The van der Waals surface area contributed by atoms with Gasteiger partial charge in [-0.05, 0) is 89.9 Å². The number of hydrogen-bond donors (Lipinski definition) is 0. The summed E-state index contributed by atoms with van der Waals surface area (Å²) in [7, 11) is 1.16. The third-order valence-electron chi connectivity index (χ3n) is 18.7. The molecule has 0 amide bonds. The standard InChI is InChI=1S/C91H162NO8P/c1-6-8-10-12-14-16-18-20-22-24-26-28-30-32-34-36-38-40-42-44-45-46-48-49-51-53-55-57-59-61-63-65-67-69-71-73-75-77-79-81-83-90(93)97-87-89(88-99-101(95,96)98-86-85-92(3,4)5)100-91(94)84-82-80-78-76-74-72-70-68-66-64-62-60-58-56-54-52-50-47-43-41-39-37-35-33-31-29-27-25-23-21-19-17-15-13-11-9-7-2/h9,11,15,17,21,23,27,29,33,35,39,41,47,50,54,56,60,62,66,68,89H,6-8,10,12-14,16,18-20,22,24-26,28,30-32,34,36-38,40,42-46,48-49,51-53,55,57-59,61,63-65,67,69-88H2,1-5H3/b11-9-,17-15-,23-21-,29-27-,35-33-,41-39-,50-47-,56-54-,62-60-,68-66-. The minimum atomic E-state index is -4.66. The number of esters is 2. The van der Waals surface area contributed by atoms with Crippen LogP contribution < -0.4 is 4.89 Å². The molecule has 0 aliphatic rings. The molecular formula is C91H162NO8P. The Kier molecular flexibility index (Phi) is 77.6. The monoisotopic (exact) mass is 1430 g/mol. The molecule has 0 rings (SSSR count).